The normalized spacial score (nSPS) is 12.2. The Morgan fingerprint density at radius 1 is 1.32 bits per heavy atom. The molecule has 1 aromatic heterocycles. The first-order valence-electron chi connectivity index (χ1n) is 6.17. The molecule has 2 aromatic rings. The molecule has 0 radical (unpaired) electrons. The summed E-state index contributed by atoms with van der Waals surface area (Å²) < 4.78 is 18.5. The standard InChI is InChI=1S/C15H17FN2O/c1-11(18-10-13-5-3-4-8-17-13)12-6-7-15(19-2)14(16)9-12/h3-9,11,18H,10H2,1-2H3. The highest BCUT2D eigenvalue weighted by Gasteiger charge is 2.09. The molecule has 1 N–H and O–H groups in total. The van der Waals surface area contributed by atoms with Crippen LogP contribution in [0, 0.1) is 5.82 Å². The Hall–Kier alpha value is -1.94. The van der Waals surface area contributed by atoms with Gasteiger partial charge in [-0.1, -0.05) is 12.1 Å². The van der Waals surface area contributed by atoms with Crippen LogP contribution in [0.15, 0.2) is 42.6 Å². The van der Waals surface area contributed by atoms with Gasteiger partial charge in [-0.05, 0) is 36.8 Å². The van der Waals surface area contributed by atoms with Crippen molar-refractivity contribution in [3.05, 3.63) is 59.7 Å². The number of rotatable bonds is 5. The van der Waals surface area contributed by atoms with Crippen molar-refractivity contribution in [3.8, 4) is 5.75 Å². The molecular weight excluding hydrogens is 243 g/mol. The van der Waals surface area contributed by atoms with Crippen molar-refractivity contribution in [1.29, 1.82) is 0 Å². The van der Waals surface area contributed by atoms with Crippen LogP contribution in [0.2, 0.25) is 0 Å². The van der Waals surface area contributed by atoms with Crippen molar-refractivity contribution in [2.45, 2.75) is 19.5 Å². The van der Waals surface area contributed by atoms with Crippen molar-refractivity contribution < 1.29 is 9.13 Å². The second-order valence-corrected chi connectivity index (χ2v) is 4.32. The monoisotopic (exact) mass is 260 g/mol. The lowest BCUT2D eigenvalue weighted by Crippen LogP contribution is -2.18. The van der Waals surface area contributed by atoms with Crippen molar-refractivity contribution in [2.75, 3.05) is 7.11 Å². The first kappa shape index (κ1) is 13.5. The van der Waals surface area contributed by atoms with Crippen LogP contribution in [0.25, 0.3) is 0 Å². The minimum absolute atomic E-state index is 0.0439. The molecule has 19 heavy (non-hydrogen) atoms. The maximum atomic E-state index is 13.6. The lowest BCUT2D eigenvalue weighted by molar-refractivity contribution is 0.385. The van der Waals surface area contributed by atoms with Crippen LogP contribution in [0.4, 0.5) is 4.39 Å². The van der Waals surface area contributed by atoms with Gasteiger partial charge < -0.3 is 10.1 Å². The molecule has 0 saturated heterocycles. The Labute approximate surface area is 112 Å². The van der Waals surface area contributed by atoms with E-state index in [1.165, 1.54) is 13.2 Å². The summed E-state index contributed by atoms with van der Waals surface area (Å²) in [6, 6.07) is 10.8. The van der Waals surface area contributed by atoms with E-state index in [1.807, 2.05) is 31.2 Å². The van der Waals surface area contributed by atoms with E-state index in [-0.39, 0.29) is 17.6 Å². The van der Waals surface area contributed by atoms with E-state index in [2.05, 4.69) is 10.3 Å². The molecule has 1 aromatic carbocycles. The van der Waals surface area contributed by atoms with E-state index in [1.54, 1.807) is 12.3 Å². The first-order valence-corrected chi connectivity index (χ1v) is 6.17. The molecule has 0 aliphatic heterocycles. The topological polar surface area (TPSA) is 34.1 Å². The maximum Gasteiger partial charge on any atom is 0.165 e. The molecule has 0 bridgehead atoms. The lowest BCUT2D eigenvalue weighted by atomic mass is 10.1. The number of benzene rings is 1. The molecule has 0 spiro atoms. The highest BCUT2D eigenvalue weighted by Crippen LogP contribution is 2.21. The molecule has 3 nitrogen and oxygen atoms in total. The highest BCUT2D eigenvalue weighted by molar-refractivity contribution is 5.30. The maximum absolute atomic E-state index is 13.6. The predicted octanol–water partition coefficient (Wildman–Crippen LogP) is 3.08. The second kappa shape index (κ2) is 6.29. The fourth-order valence-electron chi connectivity index (χ4n) is 1.83. The van der Waals surface area contributed by atoms with E-state index in [0.29, 0.717) is 6.54 Å². The summed E-state index contributed by atoms with van der Waals surface area (Å²) in [5.41, 5.74) is 1.84. The molecule has 0 amide bonds. The third kappa shape index (κ3) is 3.51. The van der Waals surface area contributed by atoms with Crippen LogP contribution in [0.1, 0.15) is 24.2 Å². The van der Waals surface area contributed by atoms with Crippen molar-refractivity contribution >= 4 is 0 Å². The Bertz CT molecular complexity index is 531. The quantitative estimate of drug-likeness (QED) is 0.897. The van der Waals surface area contributed by atoms with E-state index >= 15 is 0 Å². The van der Waals surface area contributed by atoms with Gasteiger partial charge in [0.25, 0.3) is 0 Å². The van der Waals surface area contributed by atoms with Gasteiger partial charge in [-0.15, -0.1) is 0 Å². The fourth-order valence-corrected chi connectivity index (χ4v) is 1.83. The summed E-state index contributed by atoms with van der Waals surface area (Å²) in [6.45, 7) is 2.64. The smallest absolute Gasteiger partial charge is 0.165 e. The van der Waals surface area contributed by atoms with E-state index in [9.17, 15) is 4.39 Å². The zero-order valence-corrected chi connectivity index (χ0v) is 11.1. The summed E-state index contributed by atoms with van der Waals surface area (Å²) in [5.74, 6) is -0.0767. The summed E-state index contributed by atoms with van der Waals surface area (Å²) in [7, 11) is 1.46. The minimum atomic E-state index is -0.341. The number of ether oxygens (including phenoxy) is 1. The Morgan fingerprint density at radius 2 is 2.16 bits per heavy atom. The average Bonchev–Trinajstić information content (AvgIpc) is 2.45. The molecule has 1 unspecified atom stereocenters. The molecule has 0 saturated carbocycles. The molecule has 1 heterocycles. The number of halogens is 1. The summed E-state index contributed by atoms with van der Waals surface area (Å²) in [4.78, 5) is 4.23. The Morgan fingerprint density at radius 3 is 2.79 bits per heavy atom. The number of pyridine rings is 1. The van der Waals surface area contributed by atoms with E-state index < -0.39 is 0 Å². The van der Waals surface area contributed by atoms with Crippen molar-refractivity contribution in [3.63, 3.8) is 0 Å². The lowest BCUT2D eigenvalue weighted by Gasteiger charge is -2.14. The van der Waals surface area contributed by atoms with Crippen LogP contribution in [-0.2, 0) is 6.54 Å². The number of aromatic nitrogens is 1. The van der Waals surface area contributed by atoms with Gasteiger partial charge in [-0.25, -0.2) is 4.39 Å². The molecule has 0 aliphatic rings. The van der Waals surface area contributed by atoms with Crippen LogP contribution < -0.4 is 10.1 Å². The van der Waals surface area contributed by atoms with Crippen molar-refractivity contribution in [1.82, 2.24) is 10.3 Å². The van der Waals surface area contributed by atoms with Gasteiger partial charge in [0.05, 0.1) is 12.8 Å². The minimum Gasteiger partial charge on any atom is -0.494 e. The molecule has 0 aliphatic carbocycles. The Kier molecular flexibility index (Phi) is 4.47. The number of hydrogen-bond acceptors (Lipinski definition) is 3. The first-order chi connectivity index (χ1) is 9.20. The predicted molar refractivity (Wildman–Crippen MR) is 72.4 cm³/mol. The number of methoxy groups -OCH3 is 1. The molecular formula is C15H17FN2O. The Balaban J connectivity index is 2.00. The van der Waals surface area contributed by atoms with Gasteiger partial charge in [0.1, 0.15) is 0 Å². The third-order valence-electron chi connectivity index (χ3n) is 2.99. The van der Waals surface area contributed by atoms with Gasteiger partial charge in [0.2, 0.25) is 0 Å². The molecule has 2 rings (SSSR count). The molecule has 100 valence electrons. The number of nitrogens with zero attached hydrogens (tertiary/aromatic N) is 1. The van der Waals surface area contributed by atoms with Gasteiger partial charge >= 0.3 is 0 Å². The van der Waals surface area contributed by atoms with Gasteiger partial charge in [0, 0.05) is 18.8 Å². The molecule has 1 atom stereocenters. The fraction of sp³-hybridized carbons (Fsp3) is 0.267. The van der Waals surface area contributed by atoms with Crippen LogP contribution in [0.5, 0.6) is 5.75 Å². The summed E-state index contributed by atoms with van der Waals surface area (Å²) in [6.07, 6.45) is 1.76. The largest absolute Gasteiger partial charge is 0.494 e. The number of hydrogen-bond donors (Lipinski definition) is 1. The average molecular weight is 260 g/mol. The van der Waals surface area contributed by atoms with Gasteiger partial charge in [-0.2, -0.15) is 0 Å². The zero-order chi connectivity index (χ0) is 13.7. The highest BCUT2D eigenvalue weighted by atomic mass is 19.1. The van der Waals surface area contributed by atoms with E-state index in [0.717, 1.165) is 11.3 Å². The SMILES string of the molecule is COc1ccc(C(C)NCc2ccccn2)cc1F. The second-order valence-electron chi connectivity index (χ2n) is 4.32. The van der Waals surface area contributed by atoms with Crippen molar-refractivity contribution in [2.24, 2.45) is 0 Å². The summed E-state index contributed by atoms with van der Waals surface area (Å²) in [5, 5.41) is 3.31. The number of nitrogens with one attached hydrogen (secondary N) is 1. The summed E-state index contributed by atoms with van der Waals surface area (Å²) >= 11 is 0. The zero-order valence-electron chi connectivity index (χ0n) is 11.1. The molecule has 0 fully saturated rings. The van der Waals surface area contributed by atoms with E-state index in [4.69, 9.17) is 4.74 Å². The van der Waals surface area contributed by atoms with Gasteiger partial charge in [-0.3, -0.25) is 4.98 Å². The van der Waals surface area contributed by atoms with Crippen LogP contribution >= 0.6 is 0 Å². The van der Waals surface area contributed by atoms with Gasteiger partial charge in [0.15, 0.2) is 11.6 Å². The molecule has 4 heteroatoms. The third-order valence-corrected chi connectivity index (χ3v) is 2.99. The van der Waals surface area contributed by atoms with Crippen LogP contribution in [0.3, 0.4) is 0 Å². The van der Waals surface area contributed by atoms with Crippen LogP contribution in [-0.4, -0.2) is 12.1 Å².